The highest BCUT2D eigenvalue weighted by atomic mass is 79.9. The maximum absolute atomic E-state index is 13.0. The van der Waals surface area contributed by atoms with Crippen molar-refractivity contribution in [2.75, 3.05) is 19.6 Å². The van der Waals surface area contributed by atoms with Gasteiger partial charge in [0.1, 0.15) is 5.82 Å². The summed E-state index contributed by atoms with van der Waals surface area (Å²) in [4.78, 5) is 2.37. The molecule has 20 heavy (non-hydrogen) atoms. The van der Waals surface area contributed by atoms with Gasteiger partial charge in [0.2, 0.25) is 10.0 Å². The molecule has 0 radical (unpaired) electrons. The maximum Gasteiger partial charge on any atom is 0.241 e. The van der Waals surface area contributed by atoms with Crippen molar-refractivity contribution in [2.24, 2.45) is 0 Å². The number of hydrogen-bond acceptors (Lipinski definition) is 3. The topological polar surface area (TPSA) is 49.4 Å². The molecular weight excluding hydrogens is 347 g/mol. The van der Waals surface area contributed by atoms with E-state index in [0.717, 1.165) is 44.6 Å². The summed E-state index contributed by atoms with van der Waals surface area (Å²) in [5.41, 5.74) is 0. The van der Waals surface area contributed by atoms with Crippen LogP contribution in [-0.2, 0) is 10.0 Å². The Balaban J connectivity index is 2.08. The Labute approximate surface area is 127 Å². The molecule has 112 valence electrons. The Kier molecular flexibility index (Phi) is 5.17. The first-order valence-electron chi connectivity index (χ1n) is 6.62. The third kappa shape index (κ3) is 3.78. The van der Waals surface area contributed by atoms with Crippen molar-refractivity contribution in [1.82, 2.24) is 9.62 Å². The van der Waals surface area contributed by atoms with E-state index in [-0.39, 0.29) is 15.4 Å². The van der Waals surface area contributed by atoms with E-state index in [2.05, 4.69) is 32.5 Å². The van der Waals surface area contributed by atoms with Crippen LogP contribution in [0, 0.1) is 5.82 Å². The number of halogens is 2. The molecule has 1 N–H and O–H groups in total. The van der Waals surface area contributed by atoms with Crippen molar-refractivity contribution in [3.63, 3.8) is 0 Å². The van der Waals surface area contributed by atoms with Crippen LogP contribution in [0.25, 0.3) is 0 Å². The van der Waals surface area contributed by atoms with Gasteiger partial charge in [-0.05, 0) is 66.6 Å². The lowest BCUT2D eigenvalue weighted by Crippen LogP contribution is -2.44. The Morgan fingerprint density at radius 2 is 2.05 bits per heavy atom. The minimum Gasteiger partial charge on any atom is -0.303 e. The van der Waals surface area contributed by atoms with E-state index in [9.17, 15) is 12.8 Å². The third-order valence-corrected chi connectivity index (χ3v) is 6.04. The lowest BCUT2D eigenvalue weighted by Gasteiger charge is -2.31. The minimum atomic E-state index is -3.61. The SMILES string of the molecule is CCN1CCC(NS(=O)(=O)c2ccc(F)cc2Br)CC1. The van der Waals surface area contributed by atoms with Crippen LogP contribution in [0.15, 0.2) is 27.6 Å². The highest BCUT2D eigenvalue weighted by Crippen LogP contribution is 2.23. The number of hydrogen-bond donors (Lipinski definition) is 1. The predicted octanol–water partition coefficient (Wildman–Crippen LogP) is 2.35. The lowest BCUT2D eigenvalue weighted by molar-refractivity contribution is 0.217. The first kappa shape index (κ1) is 15.9. The van der Waals surface area contributed by atoms with Crippen molar-refractivity contribution in [2.45, 2.75) is 30.7 Å². The van der Waals surface area contributed by atoms with Crippen LogP contribution in [0.3, 0.4) is 0 Å². The zero-order valence-corrected chi connectivity index (χ0v) is 13.7. The molecule has 0 aliphatic carbocycles. The molecule has 1 aromatic rings. The molecular formula is C13H18BrFN2O2S. The van der Waals surface area contributed by atoms with Crippen molar-refractivity contribution < 1.29 is 12.8 Å². The van der Waals surface area contributed by atoms with Crippen LogP contribution < -0.4 is 4.72 Å². The van der Waals surface area contributed by atoms with Crippen molar-refractivity contribution in [3.8, 4) is 0 Å². The first-order chi connectivity index (χ1) is 9.42. The number of sulfonamides is 1. The van der Waals surface area contributed by atoms with Gasteiger partial charge in [-0.2, -0.15) is 0 Å². The van der Waals surface area contributed by atoms with E-state index in [0.29, 0.717) is 0 Å². The average molecular weight is 365 g/mol. The number of rotatable bonds is 4. The molecule has 0 amide bonds. The molecule has 1 saturated heterocycles. The van der Waals surface area contributed by atoms with Gasteiger partial charge in [0, 0.05) is 10.5 Å². The Morgan fingerprint density at radius 1 is 1.40 bits per heavy atom. The van der Waals surface area contributed by atoms with E-state index in [4.69, 9.17) is 0 Å². The molecule has 7 heteroatoms. The van der Waals surface area contributed by atoms with Gasteiger partial charge in [-0.25, -0.2) is 17.5 Å². The summed E-state index contributed by atoms with van der Waals surface area (Å²) < 4.78 is 40.6. The van der Waals surface area contributed by atoms with Gasteiger partial charge in [0.05, 0.1) is 4.90 Å². The molecule has 2 rings (SSSR count). The van der Waals surface area contributed by atoms with E-state index < -0.39 is 15.8 Å². The number of benzene rings is 1. The normalized spacial score (nSPS) is 18.4. The monoisotopic (exact) mass is 364 g/mol. The second kappa shape index (κ2) is 6.51. The largest absolute Gasteiger partial charge is 0.303 e. The number of likely N-dealkylation sites (tertiary alicyclic amines) is 1. The van der Waals surface area contributed by atoms with Crippen LogP contribution in [0.4, 0.5) is 4.39 Å². The second-order valence-corrected chi connectivity index (χ2v) is 7.44. The van der Waals surface area contributed by atoms with Gasteiger partial charge in [-0.15, -0.1) is 0 Å². The summed E-state index contributed by atoms with van der Waals surface area (Å²) >= 11 is 3.10. The van der Waals surface area contributed by atoms with Crippen molar-refractivity contribution >= 4 is 26.0 Å². The summed E-state index contributed by atoms with van der Waals surface area (Å²) in [6.07, 6.45) is 1.60. The Bertz CT molecular complexity index is 572. The molecule has 0 unspecified atom stereocenters. The molecule has 0 spiro atoms. The summed E-state index contributed by atoms with van der Waals surface area (Å²) in [5, 5.41) is 0. The fourth-order valence-corrected chi connectivity index (χ4v) is 4.70. The van der Waals surface area contributed by atoms with E-state index in [1.54, 1.807) is 0 Å². The van der Waals surface area contributed by atoms with Crippen LogP contribution >= 0.6 is 15.9 Å². The molecule has 1 aromatic carbocycles. The van der Waals surface area contributed by atoms with E-state index in [1.165, 1.54) is 6.07 Å². The second-order valence-electron chi connectivity index (χ2n) is 4.90. The fourth-order valence-electron chi connectivity index (χ4n) is 2.34. The molecule has 0 aromatic heterocycles. The molecule has 0 atom stereocenters. The van der Waals surface area contributed by atoms with E-state index in [1.807, 2.05) is 0 Å². The molecule has 0 bridgehead atoms. The summed E-state index contributed by atoms with van der Waals surface area (Å²) in [6, 6.07) is 3.54. The molecule has 4 nitrogen and oxygen atoms in total. The van der Waals surface area contributed by atoms with E-state index >= 15 is 0 Å². The zero-order valence-electron chi connectivity index (χ0n) is 11.3. The van der Waals surface area contributed by atoms with Crippen molar-refractivity contribution in [3.05, 3.63) is 28.5 Å². The number of piperidine rings is 1. The quantitative estimate of drug-likeness (QED) is 0.891. The van der Waals surface area contributed by atoms with Crippen LogP contribution in [0.5, 0.6) is 0 Å². The Morgan fingerprint density at radius 3 is 2.60 bits per heavy atom. The fraction of sp³-hybridized carbons (Fsp3) is 0.538. The zero-order chi connectivity index (χ0) is 14.8. The van der Waals surface area contributed by atoms with Gasteiger partial charge in [0.25, 0.3) is 0 Å². The van der Waals surface area contributed by atoms with Gasteiger partial charge < -0.3 is 4.90 Å². The molecule has 1 aliphatic rings. The summed E-state index contributed by atoms with van der Waals surface area (Å²) in [7, 11) is -3.61. The van der Waals surface area contributed by atoms with Crippen LogP contribution in [-0.4, -0.2) is 39.0 Å². The van der Waals surface area contributed by atoms with Gasteiger partial charge in [-0.1, -0.05) is 6.92 Å². The maximum atomic E-state index is 13.0. The Hall–Kier alpha value is -0.500. The lowest BCUT2D eigenvalue weighted by atomic mass is 10.1. The number of nitrogens with zero attached hydrogens (tertiary/aromatic N) is 1. The van der Waals surface area contributed by atoms with Crippen molar-refractivity contribution in [1.29, 1.82) is 0 Å². The predicted molar refractivity (Wildman–Crippen MR) is 79.6 cm³/mol. The van der Waals surface area contributed by atoms with Crippen LogP contribution in [0.1, 0.15) is 19.8 Å². The smallest absolute Gasteiger partial charge is 0.241 e. The average Bonchev–Trinajstić information content (AvgIpc) is 2.38. The third-order valence-electron chi connectivity index (χ3n) is 3.54. The van der Waals surface area contributed by atoms with Gasteiger partial charge in [-0.3, -0.25) is 0 Å². The molecule has 1 aliphatic heterocycles. The molecule has 1 heterocycles. The standard InChI is InChI=1S/C13H18BrFN2O2S/c1-2-17-7-5-11(6-8-17)16-20(18,19)13-4-3-10(15)9-12(13)14/h3-4,9,11,16H,2,5-8H2,1H3. The molecule has 1 fully saturated rings. The molecule has 0 saturated carbocycles. The summed E-state index contributed by atoms with van der Waals surface area (Å²) in [6.45, 7) is 4.88. The van der Waals surface area contributed by atoms with Gasteiger partial charge in [0.15, 0.2) is 0 Å². The minimum absolute atomic E-state index is 0.0558. The highest BCUT2D eigenvalue weighted by Gasteiger charge is 2.25. The van der Waals surface area contributed by atoms with Gasteiger partial charge >= 0.3 is 0 Å². The highest BCUT2D eigenvalue weighted by molar-refractivity contribution is 9.10. The number of nitrogens with one attached hydrogen (secondary N) is 1. The van der Waals surface area contributed by atoms with Crippen LogP contribution in [0.2, 0.25) is 0 Å². The summed E-state index contributed by atoms with van der Waals surface area (Å²) in [5.74, 6) is -0.466. The first-order valence-corrected chi connectivity index (χ1v) is 8.89.